The second kappa shape index (κ2) is 6.36. The smallest absolute Gasteiger partial charge is 0.264 e. The molecule has 0 unspecified atom stereocenters. The molecule has 1 N–H and O–H groups in total. The van der Waals surface area contributed by atoms with Crippen molar-refractivity contribution in [2.45, 2.75) is 6.54 Å². The molecule has 0 spiro atoms. The van der Waals surface area contributed by atoms with Crippen molar-refractivity contribution >= 4 is 55.9 Å². The number of nitrogens with one attached hydrogen (secondary N) is 1. The second-order valence-corrected chi connectivity index (χ2v) is 7.71. The number of hydrogen-bond acceptors (Lipinski definition) is 6. The van der Waals surface area contributed by atoms with Crippen molar-refractivity contribution in [3.63, 3.8) is 0 Å². The van der Waals surface area contributed by atoms with Gasteiger partial charge in [0.15, 0.2) is 5.01 Å². The molecule has 9 heteroatoms. The summed E-state index contributed by atoms with van der Waals surface area (Å²) in [5.74, 6) is 0. The van der Waals surface area contributed by atoms with Crippen LogP contribution in [0.4, 0.5) is 10.8 Å². The molecule has 0 radical (unpaired) electrons. The van der Waals surface area contributed by atoms with Crippen LogP contribution in [0, 0.1) is 0 Å². The first-order chi connectivity index (χ1) is 12.0. The third kappa shape index (κ3) is 3.01. The number of aliphatic imine (C=N–C) groups is 1. The van der Waals surface area contributed by atoms with E-state index in [4.69, 9.17) is 11.6 Å². The van der Waals surface area contributed by atoms with Crippen LogP contribution in [0.15, 0.2) is 38.7 Å². The van der Waals surface area contributed by atoms with E-state index in [1.54, 1.807) is 25.5 Å². The maximum atomic E-state index is 11.8. The van der Waals surface area contributed by atoms with Crippen molar-refractivity contribution in [2.24, 2.45) is 12.0 Å². The summed E-state index contributed by atoms with van der Waals surface area (Å²) in [6.07, 6.45) is 3.52. The SMILES string of the molecule is Cn1cc(-c2nnc(Nc3ccc4c(c3Cl)C=NC4)s2)cc(Br)c1=O. The molecule has 0 saturated heterocycles. The van der Waals surface area contributed by atoms with Gasteiger partial charge in [0.05, 0.1) is 21.7 Å². The van der Waals surface area contributed by atoms with Gasteiger partial charge in [0, 0.05) is 30.6 Å². The largest absolute Gasteiger partial charge is 0.329 e. The Labute approximate surface area is 160 Å². The molecule has 3 aromatic rings. The summed E-state index contributed by atoms with van der Waals surface area (Å²) in [4.78, 5) is 16.0. The highest BCUT2D eigenvalue weighted by Gasteiger charge is 2.15. The molecule has 1 aliphatic heterocycles. The molecule has 0 atom stereocenters. The van der Waals surface area contributed by atoms with E-state index in [0.29, 0.717) is 26.2 Å². The molecule has 1 aliphatic rings. The second-order valence-electron chi connectivity index (χ2n) is 5.50. The predicted octanol–water partition coefficient (Wildman–Crippen LogP) is 4.00. The molecule has 0 bridgehead atoms. The zero-order chi connectivity index (χ0) is 17.6. The maximum absolute atomic E-state index is 11.8. The van der Waals surface area contributed by atoms with E-state index in [1.807, 2.05) is 12.1 Å². The van der Waals surface area contributed by atoms with Crippen molar-refractivity contribution < 1.29 is 0 Å². The Balaban J connectivity index is 1.65. The minimum atomic E-state index is -0.0989. The van der Waals surface area contributed by atoms with Gasteiger partial charge in [0.25, 0.3) is 5.56 Å². The lowest BCUT2D eigenvalue weighted by Gasteiger charge is -2.08. The molecule has 126 valence electrons. The molecular weight excluding hydrogens is 426 g/mol. The fourth-order valence-electron chi connectivity index (χ4n) is 2.54. The number of rotatable bonds is 3. The molecule has 2 aromatic heterocycles. The first-order valence-corrected chi connectivity index (χ1v) is 9.30. The number of aromatic nitrogens is 3. The van der Waals surface area contributed by atoms with Crippen LogP contribution < -0.4 is 10.9 Å². The van der Waals surface area contributed by atoms with Crippen molar-refractivity contribution in [3.8, 4) is 10.6 Å². The molecule has 6 nitrogen and oxygen atoms in total. The number of benzene rings is 1. The maximum Gasteiger partial charge on any atom is 0.264 e. The van der Waals surface area contributed by atoms with Crippen LogP contribution in [0.1, 0.15) is 11.1 Å². The van der Waals surface area contributed by atoms with E-state index in [1.165, 1.54) is 15.9 Å². The summed E-state index contributed by atoms with van der Waals surface area (Å²) in [5, 5.41) is 13.5. The van der Waals surface area contributed by atoms with Gasteiger partial charge < -0.3 is 9.88 Å². The highest BCUT2D eigenvalue weighted by Crippen LogP contribution is 2.34. The van der Waals surface area contributed by atoms with Crippen molar-refractivity contribution in [3.05, 3.63) is 55.4 Å². The Kier molecular flexibility index (Phi) is 4.18. The summed E-state index contributed by atoms with van der Waals surface area (Å²) >= 11 is 11.1. The van der Waals surface area contributed by atoms with Crippen LogP contribution in [0.25, 0.3) is 10.6 Å². The zero-order valence-corrected chi connectivity index (χ0v) is 16.1. The lowest BCUT2D eigenvalue weighted by molar-refractivity contribution is 0.854. The fourth-order valence-corrected chi connectivity index (χ4v) is 4.08. The Morgan fingerprint density at radius 2 is 2.20 bits per heavy atom. The van der Waals surface area contributed by atoms with E-state index in [-0.39, 0.29) is 5.56 Å². The number of aryl methyl sites for hydroxylation is 1. The Morgan fingerprint density at radius 1 is 1.36 bits per heavy atom. The fraction of sp³-hybridized carbons (Fsp3) is 0.125. The van der Waals surface area contributed by atoms with Crippen LogP contribution in [-0.4, -0.2) is 21.0 Å². The molecule has 0 saturated carbocycles. The lowest BCUT2D eigenvalue weighted by Crippen LogP contribution is -2.16. The van der Waals surface area contributed by atoms with Crippen molar-refractivity contribution in [2.75, 3.05) is 5.32 Å². The molecule has 0 aliphatic carbocycles. The highest BCUT2D eigenvalue weighted by atomic mass is 79.9. The van der Waals surface area contributed by atoms with E-state index in [2.05, 4.69) is 36.4 Å². The van der Waals surface area contributed by atoms with Crippen LogP contribution >= 0.6 is 38.9 Å². The van der Waals surface area contributed by atoms with Gasteiger partial charge in [0.2, 0.25) is 5.13 Å². The van der Waals surface area contributed by atoms with Crippen molar-refractivity contribution in [1.29, 1.82) is 0 Å². The topological polar surface area (TPSA) is 72.2 Å². The van der Waals surface area contributed by atoms with Gasteiger partial charge in [-0.15, -0.1) is 10.2 Å². The molecule has 25 heavy (non-hydrogen) atoms. The predicted molar refractivity (Wildman–Crippen MR) is 104 cm³/mol. The van der Waals surface area contributed by atoms with E-state index in [0.717, 1.165) is 22.4 Å². The third-order valence-corrected chi connectivity index (χ3v) is 5.67. The lowest BCUT2D eigenvalue weighted by atomic mass is 10.1. The summed E-state index contributed by atoms with van der Waals surface area (Å²) in [6, 6.07) is 5.66. The van der Waals surface area contributed by atoms with Gasteiger partial charge >= 0.3 is 0 Å². The minimum Gasteiger partial charge on any atom is -0.329 e. The van der Waals surface area contributed by atoms with Gasteiger partial charge in [-0.05, 0) is 33.6 Å². The molecular formula is C16H11BrClN5OS. The monoisotopic (exact) mass is 435 g/mol. The van der Waals surface area contributed by atoms with Crippen LogP contribution in [0.2, 0.25) is 5.02 Å². The van der Waals surface area contributed by atoms with E-state index < -0.39 is 0 Å². The molecule has 3 heterocycles. The quantitative estimate of drug-likeness (QED) is 0.674. The van der Waals surface area contributed by atoms with Gasteiger partial charge in [-0.25, -0.2) is 0 Å². The Hall–Kier alpha value is -2.03. The van der Waals surface area contributed by atoms with Crippen molar-refractivity contribution in [1.82, 2.24) is 14.8 Å². The number of fused-ring (bicyclic) bond motifs is 1. The Morgan fingerprint density at radius 3 is 3.00 bits per heavy atom. The summed E-state index contributed by atoms with van der Waals surface area (Å²) in [7, 11) is 1.70. The molecule has 0 fully saturated rings. The summed E-state index contributed by atoms with van der Waals surface area (Å²) in [6.45, 7) is 0.667. The summed E-state index contributed by atoms with van der Waals surface area (Å²) in [5.41, 5.74) is 3.53. The Bertz CT molecular complexity index is 1050. The van der Waals surface area contributed by atoms with E-state index >= 15 is 0 Å². The minimum absolute atomic E-state index is 0.0989. The first kappa shape index (κ1) is 16.4. The molecule has 4 rings (SSSR count). The number of anilines is 2. The summed E-state index contributed by atoms with van der Waals surface area (Å²) < 4.78 is 1.99. The van der Waals surface area contributed by atoms with E-state index in [9.17, 15) is 4.79 Å². The van der Waals surface area contributed by atoms with Gasteiger partial charge in [-0.1, -0.05) is 29.0 Å². The highest BCUT2D eigenvalue weighted by molar-refractivity contribution is 9.10. The zero-order valence-electron chi connectivity index (χ0n) is 13.0. The molecule has 1 aromatic carbocycles. The third-order valence-electron chi connectivity index (χ3n) is 3.81. The number of pyridine rings is 1. The number of hydrogen-bond donors (Lipinski definition) is 1. The van der Waals surface area contributed by atoms with Crippen LogP contribution in [0.3, 0.4) is 0 Å². The normalized spacial score (nSPS) is 12.4. The first-order valence-electron chi connectivity index (χ1n) is 7.31. The van der Waals surface area contributed by atoms with Crippen LogP contribution in [0.5, 0.6) is 0 Å². The number of halogens is 2. The van der Waals surface area contributed by atoms with Gasteiger partial charge in [0.1, 0.15) is 0 Å². The number of nitrogens with zero attached hydrogens (tertiary/aromatic N) is 4. The van der Waals surface area contributed by atoms with Gasteiger partial charge in [-0.2, -0.15) is 0 Å². The average Bonchev–Trinajstić information content (AvgIpc) is 3.24. The van der Waals surface area contributed by atoms with Gasteiger partial charge in [-0.3, -0.25) is 9.79 Å². The average molecular weight is 437 g/mol. The standard InChI is InChI=1S/C16H11BrClN5OS/c1-23-7-9(4-11(17)15(23)24)14-21-22-16(25-14)20-12-3-2-8-5-19-6-10(8)13(12)18/h2-4,6-7H,5H2,1H3,(H,20,22). The molecule has 0 amide bonds. The van der Waals surface area contributed by atoms with Crippen LogP contribution in [-0.2, 0) is 13.6 Å².